The van der Waals surface area contributed by atoms with Gasteiger partial charge in [-0.05, 0) is 34.5 Å². The molecule has 0 spiro atoms. The van der Waals surface area contributed by atoms with E-state index in [1.807, 2.05) is 6.92 Å². The summed E-state index contributed by atoms with van der Waals surface area (Å²) in [6.45, 7) is 2.34. The van der Waals surface area contributed by atoms with Gasteiger partial charge in [-0.3, -0.25) is 4.79 Å². The first-order valence-corrected chi connectivity index (χ1v) is 6.83. The van der Waals surface area contributed by atoms with Crippen molar-refractivity contribution in [3.63, 3.8) is 0 Å². The number of nitrogen functional groups attached to an aromatic ring is 1. The molecule has 0 aromatic heterocycles. The Morgan fingerprint density at radius 2 is 2.16 bits per heavy atom. The molecular formula is C13H17BrN2O3. The van der Waals surface area contributed by atoms with Crippen molar-refractivity contribution in [3.8, 4) is 0 Å². The van der Waals surface area contributed by atoms with Gasteiger partial charge in [0, 0.05) is 12.2 Å². The molecule has 6 heteroatoms. The fourth-order valence-corrected chi connectivity index (χ4v) is 1.80. The molecule has 3 N–H and O–H groups in total. The lowest BCUT2D eigenvalue weighted by Crippen LogP contribution is -2.29. The van der Waals surface area contributed by atoms with Crippen LogP contribution in [0.25, 0.3) is 0 Å². The summed E-state index contributed by atoms with van der Waals surface area (Å²) in [5.74, 6) is -0.883. The molecule has 0 unspecified atom stereocenters. The Hall–Kier alpha value is -1.56. The van der Waals surface area contributed by atoms with Gasteiger partial charge >= 0.3 is 5.97 Å². The number of nitrogens with two attached hydrogens (primary N) is 1. The molecule has 0 fully saturated rings. The minimum absolute atomic E-state index is 0.288. The smallest absolute Gasteiger partial charge is 0.339 e. The summed E-state index contributed by atoms with van der Waals surface area (Å²) in [5, 5.41) is 2.66. The first-order chi connectivity index (χ1) is 9.06. The van der Waals surface area contributed by atoms with Crippen molar-refractivity contribution < 1.29 is 14.3 Å². The third-order valence-electron chi connectivity index (χ3n) is 2.44. The largest absolute Gasteiger partial charge is 0.452 e. The van der Waals surface area contributed by atoms with Gasteiger partial charge in [0.2, 0.25) is 0 Å². The molecule has 1 rings (SSSR count). The van der Waals surface area contributed by atoms with Crippen LogP contribution in [-0.4, -0.2) is 25.0 Å². The summed E-state index contributed by atoms with van der Waals surface area (Å²) >= 11 is 3.21. The van der Waals surface area contributed by atoms with E-state index >= 15 is 0 Å². The van der Waals surface area contributed by atoms with Crippen LogP contribution in [0.4, 0.5) is 5.69 Å². The van der Waals surface area contributed by atoms with E-state index < -0.39 is 5.97 Å². The van der Waals surface area contributed by atoms with Gasteiger partial charge in [0.1, 0.15) is 0 Å². The number of anilines is 1. The van der Waals surface area contributed by atoms with Gasteiger partial charge in [0.25, 0.3) is 5.91 Å². The van der Waals surface area contributed by atoms with Crippen molar-refractivity contribution in [3.05, 3.63) is 28.2 Å². The Balaban J connectivity index is 2.47. The lowest BCUT2D eigenvalue weighted by Gasteiger charge is -2.08. The summed E-state index contributed by atoms with van der Waals surface area (Å²) in [4.78, 5) is 23.1. The summed E-state index contributed by atoms with van der Waals surface area (Å²) < 4.78 is 5.40. The SMILES string of the molecule is CCCCNC(=O)COC(=O)c1cccc(N)c1Br. The predicted molar refractivity (Wildman–Crippen MR) is 76.8 cm³/mol. The van der Waals surface area contributed by atoms with Crippen LogP contribution in [0, 0.1) is 0 Å². The maximum Gasteiger partial charge on any atom is 0.339 e. The molecule has 0 heterocycles. The molecule has 1 amide bonds. The quantitative estimate of drug-likeness (QED) is 0.476. The highest BCUT2D eigenvalue weighted by Gasteiger charge is 2.14. The number of hydrogen-bond acceptors (Lipinski definition) is 4. The summed E-state index contributed by atoms with van der Waals surface area (Å²) in [5.41, 5.74) is 6.41. The van der Waals surface area contributed by atoms with E-state index in [0.717, 1.165) is 12.8 Å². The van der Waals surface area contributed by atoms with Crippen LogP contribution >= 0.6 is 15.9 Å². The Morgan fingerprint density at radius 1 is 1.42 bits per heavy atom. The van der Waals surface area contributed by atoms with Crippen LogP contribution in [0.1, 0.15) is 30.1 Å². The molecule has 0 atom stereocenters. The van der Waals surface area contributed by atoms with Crippen LogP contribution in [0.15, 0.2) is 22.7 Å². The summed E-state index contributed by atoms with van der Waals surface area (Å²) in [6, 6.07) is 4.90. The molecular weight excluding hydrogens is 312 g/mol. The molecule has 0 aliphatic rings. The van der Waals surface area contributed by atoms with Crippen LogP contribution in [-0.2, 0) is 9.53 Å². The maximum absolute atomic E-state index is 11.8. The first-order valence-electron chi connectivity index (χ1n) is 6.04. The van der Waals surface area contributed by atoms with E-state index in [1.165, 1.54) is 0 Å². The number of ether oxygens (including phenoxy) is 1. The Kier molecular flexibility index (Phi) is 6.35. The lowest BCUT2D eigenvalue weighted by atomic mass is 10.2. The minimum Gasteiger partial charge on any atom is -0.452 e. The zero-order valence-corrected chi connectivity index (χ0v) is 12.3. The topological polar surface area (TPSA) is 81.4 Å². The average Bonchev–Trinajstić information content (AvgIpc) is 2.39. The van der Waals surface area contributed by atoms with Crippen LogP contribution < -0.4 is 11.1 Å². The molecule has 19 heavy (non-hydrogen) atoms. The summed E-state index contributed by atoms with van der Waals surface area (Å²) in [7, 11) is 0. The molecule has 0 saturated heterocycles. The second-order valence-electron chi connectivity index (χ2n) is 3.99. The fourth-order valence-electron chi connectivity index (χ4n) is 1.37. The molecule has 1 aromatic carbocycles. The molecule has 104 valence electrons. The van der Waals surface area contributed by atoms with Gasteiger partial charge in [-0.1, -0.05) is 19.4 Å². The molecule has 0 radical (unpaired) electrons. The van der Waals surface area contributed by atoms with Crippen molar-refractivity contribution in [1.29, 1.82) is 0 Å². The Labute approximate surface area is 120 Å². The van der Waals surface area contributed by atoms with Crippen LogP contribution in [0.5, 0.6) is 0 Å². The van der Waals surface area contributed by atoms with Gasteiger partial charge in [0.15, 0.2) is 6.61 Å². The lowest BCUT2D eigenvalue weighted by molar-refractivity contribution is -0.124. The Morgan fingerprint density at radius 3 is 2.84 bits per heavy atom. The van der Waals surface area contributed by atoms with Crippen LogP contribution in [0.2, 0.25) is 0 Å². The number of unbranched alkanes of at least 4 members (excludes halogenated alkanes) is 1. The molecule has 5 nitrogen and oxygen atoms in total. The predicted octanol–water partition coefficient (Wildman–Crippen LogP) is 2.10. The van der Waals surface area contributed by atoms with Gasteiger partial charge in [-0.25, -0.2) is 4.79 Å². The number of carbonyl (C=O) groups excluding carboxylic acids is 2. The number of halogens is 1. The van der Waals surface area contributed by atoms with Gasteiger partial charge < -0.3 is 15.8 Å². The van der Waals surface area contributed by atoms with E-state index in [-0.39, 0.29) is 12.5 Å². The molecule has 0 aliphatic heterocycles. The van der Waals surface area contributed by atoms with Crippen molar-refractivity contribution in [2.75, 3.05) is 18.9 Å². The molecule has 0 aliphatic carbocycles. The van der Waals surface area contributed by atoms with Crippen molar-refractivity contribution in [1.82, 2.24) is 5.32 Å². The van der Waals surface area contributed by atoms with E-state index in [4.69, 9.17) is 10.5 Å². The number of amides is 1. The van der Waals surface area contributed by atoms with Crippen LogP contribution in [0.3, 0.4) is 0 Å². The molecule has 0 saturated carbocycles. The normalized spacial score (nSPS) is 10.0. The monoisotopic (exact) mass is 328 g/mol. The third-order valence-corrected chi connectivity index (χ3v) is 3.32. The number of hydrogen-bond donors (Lipinski definition) is 2. The van der Waals surface area contributed by atoms with Crippen molar-refractivity contribution >= 4 is 33.5 Å². The van der Waals surface area contributed by atoms with E-state index in [0.29, 0.717) is 22.3 Å². The third kappa shape index (κ3) is 4.90. The number of esters is 1. The average molecular weight is 329 g/mol. The van der Waals surface area contributed by atoms with Gasteiger partial charge in [-0.15, -0.1) is 0 Å². The zero-order chi connectivity index (χ0) is 14.3. The Bertz CT molecular complexity index is 463. The highest BCUT2D eigenvalue weighted by Crippen LogP contribution is 2.24. The maximum atomic E-state index is 11.8. The second kappa shape index (κ2) is 7.78. The number of nitrogens with one attached hydrogen (secondary N) is 1. The fraction of sp³-hybridized carbons (Fsp3) is 0.385. The highest BCUT2D eigenvalue weighted by molar-refractivity contribution is 9.10. The highest BCUT2D eigenvalue weighted by atomic mass is 79.9. The molecule has 0 bridgehead atoms. The van der Waals surface area contributed by atoms with Crippen molar-refractivity contribution in [2.45, 2.75) is 19.8 Å². The minimum atomic E-state index is -0.579. The van der Waals surface area contributed by atoms with E-state index in [2.05, 4.69) is 21.2 Å². The standard InChI is InChI=1S/C13H17BrN2O3/c1-2-3-7-16-11(17)8-19-13(18)9-5-4-6-10(15)12(9)14/h4-6H,2-3,7-8,15H2,1H3,(H,16,17). The van der Waals surface area contributed by atoms with E-state index in [1.54, 1.807) is 18.2 Å². The first kappa shape index (κ1) is 15.5. The molecule has 1 aromatic rings. The number of rotatable bonds is 6. The second-order valence-corrected chi connectivity index (χ2v) is 4.78. The number of carbonyl (C=O) groups is 2. The van der Waals surface area contributed by atoms with Gasteiger partial charge in [-0.2, -0.15) is 0 Å². The van der Waals surface area contributed by atoms with Crippen molar-refractivity contribution in [2.24, 2.45) is 0 Å². The summed E-state index contributed by atoms with van der Waals surface area (Å²) in [6.07, 6.45) is 1.90. The zero-order valence-electron chi connectivity index (χ0n) is 10.7. The van der Waals surface area contributed by atoms with E-state index in [9.17, 15) is 9.59 Å². The number of benzene rings is 1. The van der Waals surface area contributed by atoms with Gasteiger partial charge in [0.05, 0.1) is 10.0 Å².